The van der Waals surface area contributed by atoms with Crippen LogP contribution in [0.25, 0.3) is 0 Å². The number of hydrogen-bond donors (Lipinski definition) is 0. The number of halogens is 3. The largest absolute Gasteiger partial charge is 0.417 e. The second kappa shape index (κ2) is 4.44. The van der Waals surface area contributed by atoms with Crippen molar-refractivity contribution in [1.82, 2.24) is 0 Å². The van der Waals surface area contributed by atoms with E-state index in [1.807, 2.05) is 5.16 Å². The van der Waals surface area contributed by atoms with Gasteiger partial charge in [0, 0.05) is 0 Å². The van der Waals surface area contributed by atoms with Gasteiger partial charge in [-0.1, -0.05) is 0 Å². The zero-order chi connectivity index (χ0) is 12.3. The molecule has 0 saturated heterocycles. The van der Waals surface area contributed by atoms with Gasteiger partial charge in [-0.15, -0.1) is 0 Å². The van der Waals surface area contributed by atoms with Crippen molar-refractivity contribution in [2.24, 2.45) is 4.99 Å². The lowest BCUT2D eigenvalue weighted by Crippen LogP contribution is -2.08. The molecule has 0 aliphatic heterocycles. The smallest absolute Gasteiger partial charge is 0.194 e. The summed E-state index contributed by atoms with van der Waals surface area (Å²) in [5.41, 5.74) is -0.916. The Hall–Kier alpha value is -1.70. The van der Waals surface area contributed by atoms with Crippen LogP contribution in [0.2, 0.25) is 0 Å². The molecule has 0 aliphatic rings. The molecule has 0 unspecified atom stereocenters. The molecular formula is C10H5F3N2S. The molecule has 0 heterocycles. The number of isothiocyanates is 1. The summed E-state index contributed by atoms with van der Waals surface area (Å²) >= 11 is 4.33. The summed E-state index contributed by atoms with van der Waals surface area (Å²) < 4.78 is 37.6. The van der Waals surface area contributed by atoms with E-state index in [4.69, 9.17) is 5.26 Å². The van der Waals surface area contributed by atoms with Crippen molar-refractivity contribution in [3.63, 3.8) is 0 Å². The van der Waals surface area contributed by atoms with Gasteiger partial charge >= 0.3 is 6.18 Å². The molecule has 0 aromatic heterocycles. The molecule has 1 aromatic carbocycles. The number of hydrogen-bond acceptors (Lipinski definition) is 3. The Balaban J connectivity index is 3.54. The predicted octanol–water partition coefficient (Wildman–Crippen LogP) is 3.62. The zero-order valence-corrected chi connectivity index (χ0v) is 8.91. The van der Waals surface area contributed by atoms with E-state index in [1.54, 1.807) is 6.92 Å². The third-order valence-corrected chi connectivity index (χ3v) is 2.02. The van der Waals surface area contributed by atoms with Gasteiger partial charge in [0.25, 0.3) is 0 Å². The molecule has 0 fully saturated rings. The minimum Gasteiger partial charge on any atom is -0.194 e. The fourth-order valence-electron chi connectivity index (χ4n) is 1.19. The van der Waals surface area contributed by atoms with Crippen LogP contribution in [0.1, 0.15) is 16.7 Å². The van der Waals surface area contributed by atoms with Gasteiger partial charge in [-0.2, -0.15) is 23.4 Å². The Morgan fingerprint density at radius 2 is 2.00 bits per heavy atom. The van der Waals surface area contributed by atoms with Crippen molar-refractivity contribution >= 4 is 23.1 Å². The summed E-state index contributed by atoms with van der Waals surface area (Å²) in [6.07, 6.45) is -4.58. The van der Waals surface area contributed by atoms with Crippen LogP contribution < -0.4 is 0 Å². The number of nitriles is 1. The number of thiocarbonyl (C=S) groups is 1. The first-order chi connectivity index (χ1) is 7.40. The van der Waals surface area contributed by atoms with Gasteiger partial charge in [0.05, 0.1) is 28.0 Å². The molecule has 16 heavy (non-hydrogen) atoms. The van der Waals surface area contributed by atoms with E-state index in [2.05, 4.69) is 17.2 Å². The molecule has 0 spiro atoms. The van der Waals surface area contributed by atoms with Gasteiger partial charge in [0.15, 0.2) is 0 Å². The lowest BCUT2D eigenvalue weighted by Gasteiger charge is -2.10. The van der Waals surface area contributed by atoms with Crippen molar-refractivity contribution in [2.75, 3.05) is 0 Å². The van der Waals surface area contributed by atoms with Crippen molar-refractivity contribution in [1.29, 1.82) is 5.26 Å². The fourth-order valence-corrected chi connectivity index (χ4v) is 1.29. The Bertz CT molecular complexity index is 508. The van der Waals surface area contributed by atoms with Gasteiger partial charge < -0.3 is 0 Å². The van der Waals surface area contributed by atoms with E-state index in [0.717, 1.165) is 12.1 Å². The molecule has 0 atom stereocenters. The second-order valence-electron chi connectivity index (χ2n) is 3.00. The Kier molecular flexibility index (Phi) is 3.43. The molecule has 1 aromatic rings. The van der Waals surface area contributed by atoms with Crippen molar-refractivity contribution in [3.05, 3.63) is 28.8 Å². The first kappa shape index (κ1) is 12.4. The van der Waals surface area contributed by atoms with Gasteiger partial charge in [-0.25, -0.2) is 0 Å². The van der Waals surface area contributed by atoms with Crippen LogP contribution in [0.3, 0.4) is 0 Å². The minimum absolute atomic E-state index is 0.0707. The molecule has 6 heteroatoms. The van der Waals surface area contributed by atoms with E-state index >= 15 is 0 Å². The third-order valence-electron chi connectivity index (χ3n) is 1.93. The topological polar surface area (TPSA) is 36.1 Å². The monoisotopic (exact) mass is 242 g/mol. The highest BCUT2D eigenvalue weighted by Gasteiger charge is 2.34. The highest BCUT2D eigenvalue weighted by molar-refractivity contribution is 7.78. The first-order valence-electron chi connectivity index (χ1n) is 4.10. The Labute approximate surface area is 95.0 Å². The van der Waals surface area contributed by atoms with E-state index in [1.165, 1.54) is 6.07 Å². The van der Waals surface area contributed by atoms with Crippen molar-refractivity contribution in [2.45, 2.75) is 13.1 Å². The van der Waals surface area contributed by atoms with Gasteiger partial charge in [0.1, 0.15) is 0 Å². The Morgan fingerprint density at radius 3 is 2.44 bits per heavy atom. The molecule has 0 amide bonds. The van der Waals surface area contributed by atoms with Crippen LogP contribution in [0, 0.1) is 18.3 Å². The highest BCUT2D eigenvalue weighted by atomic mass is 32.1. The van der Waals surface area contributed by atoms with Crippen molar-refractivity contribution in [3.8, 4) is 6.07 Å². The quantitative estimate of drug-likeness (QED) is 0.557. The summed E-state index contributed by atoms with van der Waals surface area (Å²) in [4.78, 5) is 3.51. The maximum atomic E-state index is 12.5. The van der Waals surface area contributed by atoms with Crippen LogP contribution in [0.5, 0.6) is 0 Å². The van der Waals surface area contributed by atoms with Crippen LogP contribution >= 0.6 is 12.2 Å². The fraction of sp³-hybridized carbons (Fsp3) is 0.200. The minimum atomic E-state index is -4.58. The summed E-state index contributed by atoms with van der Waals surface area (Å²) in [7, 11) is 0. The van der Waals surface area contributed by atoms with Crippen LogP contribution in [-0.2, 0) is 6.18 Å². The first-order valence-corrected chi connectivity index (χ1v) is 4.50. The third kappa shape index (κ3) is 2.45. The molecular weight excluding hydrogens is 237 g/mol. The molecule has 1 rings (SSSR count). The standard InChI is InChI=1S/C10H5F3N2S/c1-6-2-7(4-14)8(10(11,12)13)3-9(6)15-5-16/h2-3H,1H3. The average Bonchev–Trinajstić information content (AvgIpc) is 2.19. The van der Waals surface area contributed by atoms with Crippen LogP contribution in [0.15, 0.2) is 17.1 Å². The molecule has 2 nitrogen and oxygen atoms in total. The summed E-state index contributed by atoms with van der Waals surface area (Å²) in [5.74, 6) is 0. The molecule has 0 bridgehead atoms. The van der Waals surface area contributed by atoms with Gasteiger partial charge in [-0.3, -0.25) is 0 Å². The molecule has 0 N–H and O–H groups in total. The summed E-state index contributed by atoms with van der Waals surface area (Å²) in [6.45, 7) is 1.55. The maximum Gasteiger partial charge on any atom is 0.417 e. The Morgan fingerprint density at radius 1 is 1.38 bits per heavy atom. The average molecular weight is 242 g/mol. The second-order valence-corrected chi connectivity index (χ2v) is 3.18. The number of alkyl halides is 3. The van der Waals surface area contributed by atoms with Crippen molar-refractivity contribution < 1.29 is 13.2 Å². The molecule has 0 radical (unpaired) electrons. The zero-order valence-electron chi connectivity index (χ0n) is 8.09. The number of rotatable bonds is 1. The van der Waals surface area contributed by atoms with E-state index in [9.17, 15) is 13.2 Å². The summed E-state index contributed by atoms with van der Waals surface area (Å²) in [6, 6.07) is 3.44. The number of nitrogens with zero attached hydrogens (tertiary/aromatic N) is 2. The van der Waals surface area contributed by atoms with E-state index in [-0.39, 0.29) is 5.69 Å². The number of aliphatic imine (C=N–C) groups is 1. The maximum absolute atomic E-state index is 12.5. The van der Waals surface area contributed by atoms with Crippen LogP contribution in [0.4, 0.5) is 18.9 Å². The molecule has 82 valence electrons. The molecule has 0 aliphatic carbocycles. The van der Waals surface area contributed by atoms with Gasteiger partial charge in [-0.05, 0) is 36.8 Å². The van der Waals surface area contributed by atoms with Crippen LogP contribution in [-0.4, -0.2) is 5.16 Å². The lowest BCUT2D eigenvalue weighted by atomic mass is 10.0. The highest BCUT2D eigenvalue weighted by Crippen LogP contribution is 2.35. The van der Waals surface area contributed by atoms with E-state index < -0.39 is 17.3 Å². The predicted molar refractivity (Wildman–Crippen MR) is 55.6 cm³/mol. The SMILES string of the molecule is Cc1cc(C#N)c(C(F)(F)F)cc1N=C=S. The lowest BCUT2D eigenvalue weighted by molar-refractivity contribution is -0.137. The number of aryl methyl sites for hydroxylation is 1. The summed E-state index contributed by atoms with van der Waals surface area (Å²) in [5, 5.41) is 10.6. The van der Waals surface area contributed by atoms with E-state index in [0.29, 0.717) is 5.56 Å². The normalized spacial score (nSPS) is 10.4. The number of benzene rings is 1. The molecule has 0 saturated carbocycles. The van der Waals surface area contributed by atoms with Gasteiger partial charge in [0.2, 0.25) is 0 Å².